The third-order valence-corrected chi connectivity index (χ3v) is 2.52. The first kappa shape index (κ1) is 9.00. The molecule has 0 bridgehead atoms. The Hall–Kier alpha value is -1.57. The van der Waals surface area contributed by atoms with E-state index in [9.17, 15) is 19.2 Å². The van der Waals surface area contributed by atoms with Gasteiger partial charge in [0.05, 0.1) is 5.75 Å². The Kier molecular flexibility index (Phi) is 1.92. The number of nitrogens with one attached hydrogen (secondary N) is 1. The van der Waals surface area contributed by atoms with Crippen LogP contribution in [0.1, 0.15) is 0 Å². The number of nitrogens with zero attached hydrogens (tertiary/aromatic N) is 1. The van der Waals surface area contributed by atoms with Crippen LogP contribution in [0, 0.1) is 0 Å². The molecule has 74 valence electrons. The number of hydrogen-bond acceptors (Lipinski definition) is 6. The SMILES string of the molecule is O=C1NC(=O)C(N2C(=O)CSC2=O)O1. The van der Waals surface area contributed by atoms with E-state index in [1.807, 2.05) is 5.32 Å². The number of thioether (sulfide) groups is 1. The maximum absolute atomic E-state index is 11.1. The number of imide groups is 2. The largest absolute Gasteiger partial charge is 0.416 e. The summed E-state index contributed by atoms with van der Waals surface area (Å²) in [5, 5.41) is 1.25. The van der Waals surface area contributed by atoms with Gasteiger partial charge in [0.15, 0.2) is 0 Å². The van der Waals surface area contributed by atoms with Crippen molar-refractivity contribution >= 4 is 34.9 Å². The third-order valence-electron chi connectivity index (χ3n) is 1.69. The lowest BCUT2D eigenvalue weighted by atomic mass is 10.4. The molecule has 0 aromatic carbocycles. The number of carbonyl (C=O) groups excluding carboxylic acids is 4. The van der Waals surface area contributed by atoms with Gasteiger partial charge in [-0.2, -0.15) is 0 Å². The number of ether oxygens (including phenoxy) is 1. The Balaban J connectivity index is 2.22. The highest BCUT2D eigenvalue weighted by atomic mass is 32.2. The van der Waals surface area contributed by atoms with Gasteiger partial charge in [-0.25, -0.2) is 9.69 Å². The third kappa shape index (κ3) is 1.23. The van der Waals surface area contributed by atoms with Crippen LogP contribution >= 0.6 is 11.8 Å². The molecule has 4 amide bonds. The molecular formula is C6H4N2O5S. The summed E-state index contributed by atoms with van der Waals surface area (Å²) in [5.41, 5.74) is 0. The van der Waals surface area contributed by atoms with Crippen molar-refractivity contribution in [3.05, 3.63) is 0 Å². The molecule has 2 aliphatic rings. The first-order valence-electron chi connectivity index (χ1n) is 3.60. The summed E-state index contributed by atoms with van der Waals surface area (Å²) >= 11 is 0.770. The smallest absolute Gasteiger partial charge is 0.415 e. The Morgan fingerprint density at radius 2 is 2.07 bits per heavy atom. The van der Waals surface area contributed by atoms with E-state index in [0.717, 1.165) is 11.8 Å². The molecule has 2 rings (SSSR count). The molecule has 1 atom stereocenters. The minimum atomic E-state index is -1.43. The van der Waals surface area contributed by atoms with Gasteiger partial charge < -0.3 is 4.74 Å². The maximum atomic E-state index is 11.1. The molecular weight excluding hydrogens is 212 g/mol. The molecule has 8 heteroatoms. The average Bonchev–Trinajstić information content (AvgIpc) is 2.57. The Morgan fingerprint density at radius 3 is 2.50 bits per heavy atom. The molecule has 0 aliphatic carbocycles. The van der Waals surface area contributed by atoms with Crippen LogP contribution in [0.15, 0.2) is 0 Å². The standard InChI is InChI=1S/C6H4N2O5S/c9-2-1-14-6(12)8(2)4-3(10)7-5(11)13-4/h4H,1H2,(H,7,10,11). The molecule has 1 N–H and O–H groups in total. The number of cyclic esters (lactones) is 1. The first-order chi connectivity index (χ1) is 6.59. The number of carbonyl (C=O) groups is 4. The van der Waals surface area contributed by atoms with E-state index in [1.165, 1.54) is 0 Å². The van der Waals surface area contributed by atoms with Crippen molar-refractivity contribution in [2.75, 3.05) is 5.75 Å². The van der Waals surface area contributed by atoms with Crippen LogP contribution in [0.2, 0.25) is 0 Å². The van der Waals surface area contributed by atoms with Gasteiger partial charge >= 0.3 is 6.09 Å². The van der Waals surface area contributed by atoms with Crippen molar-refractivity contribution in [3.8, 4) is 0 Å². The molecule has 14 heavy (non-hydrogen) atoms. The second-order valence-corrected chi connectivity index (χ2v) is 3.49. The summed E-state index contributed by atoms with van der Waals surface area (Å²) in [6.07, 6.45) is -2.38. The molecule has 0 radical (unpaired) electrons. The van der Waals surface area contributed by atoms with Gasteiger partial charge in [0, 0.05) is 0 Å². The summed E-state index contributed by atoms with van der Waals surface area (Å²) in [4.78, 5) is 44.6. The van der Waals surface area contributed by atoms with Crippen molar-refractivity contribution in [1.82, 2.24) is 10.2 Å². The quantitative estimate of drug-likeness (QED) is 0.621. The summed E-state index contributed by atoms with van der Waals surface area (Å²) < 4.78 is 4.47. The topological polar surface area (TPSA) is 92.8 Å². The van der Waals surface area contributed by atoms with Crippen LogP contribution in [0.5, 0.6) is 0 Å². The fourth-order valence-corrected chi connectivity index (χ4v) is 1.83. The Bertz CT molecular complexity index is 338. The molecule has 0 aromatic rings. The minimum Gasteiger partial charge on any atom is -0.415 e. The van der Waals surface area contributed by atoms with Crippen LogP contribution in [0.25, 0.3) is 0 Å². The zero-order valence-electron chi connectivity index (χ0n) is 6.68. The van der Waals surface area contributed by atoms with Crippen molar-refractivity contribution in [2.45, 2.75) is 6.23 Å². The molecule has 0 saturated carbocycles. The van der Waals surface area contributed by atoms with E-state index in [1.54, 1.807) is 0 Å². The highest BCUT2D eigenvalue weighted by molar-refractivity contribution is 8.14. The van der Waals surface area contributed by atoms with Crippen molar-refractivity contribution in [3.63, 3.8) is 0 Å². The second-order valence-electron chi connectivity index (χ2n) is 2.57. The zero-order chi connectivity index (χ0) is 10.3. The van der Waals surface area contributed by atoms with Crippen LogP contribution in [0.3, 0.4) is 0 Å². The van der Waals surface area contributed by atoms with Crippen LogP contribution in [-0.4, -0.2) is 40.0 Å². The molecule has 2 fully saturated rings. The number of alkyl carbamates (subject to hydrolysis) is 1. The highest BCUT2D eigenvalue weighted by Gasteiger charge is 2.46. The van der Waals surface area contributed by atoms with E-state index in [0.29, 0.717) is 4.90 Å². The van der Waals surface area contributed by atoms with E-state index in [4.69, 9.17) is 0 Å². The number of amides is 4. The number of hydrogen-bond donors (Lipinski definition) is 1. The van der Waals surface area contributed by atoms with Crippen molar-refractivity contribution < 1.29 is 23.9 Å². The zero-order valence-corrected chi connectivity index (χ0v) is 7.50. The second kappa shape index (κ2) is 2.98. The molecule has 2 heterocycles. The Labute approximate surface area is 81.7 Å². The maximum Gasteiger partial charge on any atom is 0.416 e. The molecule has 2 saturated heterocycles. The summed E-state index contributed by atoms with van der Waals surface area (Å²) in [5.74, 6) is -1.35. The van der Waals surface area contributed by atoms with Gasteiger partial charge in [0.25, 0.3) is 17.4 Å². The minimum absolute atomic E-state index is 0.0276. The summed E-state index contributed by atoms with van der Waals surface area (Å²) in [7, 11) is 0. The van der Waals surface area contributed by atoms with Crippen molar-refractivity contribution in [2.24, 2.45) is 0 Å². The Morgan fingerprint density at radius 1 is 1.36 bits per heavy atom. The van der Waals surface area contributed by atoms with E-state index in [2.05, 4.69) is 4.74 Å². The molecule has 0 spiro atoms. The lowest BCUT2D eigenvalue weighted by Gasteiger charge is -2.16. The van der Waals surface area contributed by atoms with Crippen molar-refractivity contribution in [1.29, 1.82) is 0 Å². The number of rotatable bonds is 1. The van der Waals surface area contributed by atoms with Gasteiger partial charge in [-0.15, -0.1) is 0 Å². The summed E-state index contributed by atoms with van der Waals surface area (Å²) in [6.45, 7) is 0. The molecule has 1 unspecified atom stereocenters. The predicted octanol–water partition coefficient (Wildman–Crippen LogP) is -0.726. The molecule has 2 aliphatic heterocycles. The van der Waals surface area contributed by atoms with E-state index >= 15 is 0 Å². The van der Waals surface area contributed by atoms with Crippen LogP contribution in [-0.2, 0) is 14.3 Å². The molecule has 7 nitrogen and oxygen atoms in total. The van der Waals surface area contributed by atoms with Gasteiger partial charge in [-0.05, 0) is 0 Å². The van der Waals surface area contributed by atoms with Crippen LogP contribution in [0.4, 0.5) is 9.59 Å². The average molecular weight is 216 g/mol. The van der Waals surface area contributed by atoms with E-state index < -0.39 is 29.4 Å². The lowest BCUT2D eigenvalue weighted by Crippen LogP contribution is -2.44. The van der Waals surface area contributed by atoms with Gasteiger partial charge in [0.1, 0.15) is 0 Å². The molecule has 0 aromatic heterocycles. The fourth-order valence-electron chi connectivity index (χ4n) is 1.11. The van der Waals surface area contributed by atoms with Gasteiger partial charge in [0.2, 0.25) is 5.91 Å². The normalized spacial score (nSPS) is 26.9. The van der Waals surface area contributed by atoms with Gasteiger partial charge in [-0.1, -0.05) is 11.8 Å². The lowest BCUT2D eigenvalue weighted by molar-refractivity contribution is -0.140. The fraction of sp³-hybridized carbons (Fsp3) is 0.333. The first-order valence-corrected chi connectivity index (χ1v) is 4.58. The van der Waals surface area contributed by atoms with Gasteiger partial charge in [-0.3, -0.25) is 19.7 Å². The van der Waals surface area contributed by atoms with E-state index in [-0.39, 0.29) is 5.75 Å². The predicted molar refractivity (Wildman–Crippen MR) is 43.1 cm³/mol. The highest BCUT2D eigenvalue weighted by Crippen LogP contribution is 2.23. The summed E-state index contributed by atoms with van der Waals surface area (Å²) in [6, 6.07) is 0. The van der Waals surface area contributed by atoms with Crippen LogP contribution < -0.4 is 5.32 Å². The monoisotopic (exact) mass is 216 g/mol.